The second-order valence-electron chi connectivity index (χ2n) is 7.47. The molecule has 0 radical (unpaired) electrons. The van der Waals surface area contributed by atoms with Crippen molar-refractivity contribution in [1.29, 1.82) is 0 Å². The topological polar surface area (TPSA) is 90.6 Å². The van der Waals surface area contributed by atoms with Gasteiger partial charge in [0.1, 0.15) is 0 Å². The van der Waals surface area contributed by atoms with Crippen molar-refractivity contribution in [2.45, 2.75) is 46.1 Å². The molecule has 1 aliphatic rings. The minimum Gasteiger partial charge on any atom is -0.461 e. The number of likely N-dealkylation sites (tertiary alicyclic amines) is 1. The lowest BCUT2D eigenvalue weighted by molar-refractivity contribution is 0.0505. The zero-order valence-electron chi connectivity index (χ0n) is 17.6. The van der Waals surface area contributed by atoms with Crippen LogP contribution in [0, 0.1) is 0 Å². The number of benzene rings is 1. The van der Waals surface area contributed by atoms with E-state index in [9.17, 15) is 19.2 Å². The third-order valence-electron chi connectivity index (χ3n) is 5.48. The number of hydrogen-bond donors (Lipinski definition) is 0. The van der Waals surface area contributed by atoms with Crippen molar-refractivity contribution in [1.82, 2.24) is 14.0 Å². The van der Waals surface area contributed by atoms with Crippen LogP contribution in [0.15, 0.2) is 35.1 Å². The van der Waals surface area contributed by atoms with Crippen LogP contribution in [0.2, 0.25) is 0 Å². The molecule has 1 fully saturated rings. The molecule has 0 bridgehead atoms. The number of hydrogen-bond acceptors (Lipinski definition) is 6. The molecule has 0 unspecified atom stereocenters. The molecule has 0 atom stereocenters. The van der Waals surface area contributed by atoms with Crippen LogP contribution in [0.25, 0.3) is 0 Å². The molecule has 1 saturated heterocycles. The van der Waals surface area contributed by atoms with Gasteiger partial charge in [-0.05, 0) is 44.3 Å². The molecule has 1 aromatic heterocycles. The Balaban J connectivity index is 1.90. The van der Waals surface area contributed by atoms with Gasteiger partial charge in [0.15, 0.2) is 5.69 Å². The van der Waals surface area contributed by atoms with Crippen molar-refractivity contribution in [3.8, 4) is 0 Å². The lowest BCUT2D eigenvalue weighted by Gasteiger charge is -2.32. The van der Waals surface area contributed by atoms with Gasteiger partial charge in [-0.2, -0.15) is 0 Å². The highest BCUT2D eigenvalue weighted by Gasteiger charge is 2.31. The molecule has 3 rings (SSSR count). The number of rotatable bonds is 5. The second kappa shape index (κ2) is 9.21. The van der Waals surface area contributed by atoms with E-state index in [0.29, 0.717) is 5.92 Å². The molecule has 0 aliphatic carbocycles. The fourth-order valence-corrected chi connectivity index (χ4v) is 4.08. The summed E-state index contributed by atoms with van der Waals surface area (Å²) in [7, 11) is 0. The monoisotopic (exact) mass is 413 g/mol. The van der Waals surface area contributed by atoms with Gasteiger partial charge in [0.2, 0.25) is 11.8 Å². The Morgan fingerprint density at radius 1 is 1.00 bits per heavy atom. The van der Waals surface area contributed by atoms with E-state index in [-0.39, 0.29) is 24.5 Å². The molecule has 1 aromatic carbocycles. The molecule has 160 valence electrons. The number of carbonyl (C=O) groups is 3. The first kappa shape index (κ1) is 21.7. The lowest BCUT2D eigenvalue weighted by Crippen LogP contribution is -2.35. The number of carbonyl (C=O) groups excluding carboxylic acids is 3. The molecule has 0 saturated carbocycles. The number of ether oxygens (including phenoxy) is 1. The molecule has 8 heteroatoms. The third-order valence-corrected chi connectivity index (χ3v) is 5.48. The van der Waals surface area contributed by atoms with E-state index < -0.39 is 23.5 Å². The predicted molar refractivity (Wildman–Crippen MR) is 111 cm³/mol. The summed E-state index contributed by atoms with van der Waals surface area (Å²) in [6, 6.07) is 10.3. The van der Waals surface area contributed by atoms with E-state index in [2.05, 4.69) is 17.0 Å². The van der Waals surface area contributed by atoms with Crippen molar-refractivity contribution >= 4 is 17.8 Å². The van der Waals surface area contributed by atoms with Crippen LogP contribution in [0.5, 0.6) is 0 Å². The average Bonchev–Trinajstić information content (AvgIpc) is 3.01. The molecule has 8 nitrogen and oxygen atoms in total. The van der Waals surface area contributed by atoms with Crippen molar-refractivity contribution in [2.75, 3.05) is 19.7 Å². The Kier molecular flexibility index (Phi) is 6.66. The summed E-state index contributed by atoms with van der Waals surface area (Å²) < 4.78 is 6.73. The maximum absolute atomic E-state index is 12.7. The number of imidazole rings is 1. The minimum absolute atomic E-state index is 0.0953. The molecule has 2 heterocycles. The van der Waals surface area contributed by atoms with Gasteiger partial charge < -0.3 is 4.74 Å². The smallest absolute Gasteiger partial charge is 0.357 e. The zero-order valence-corrected chi connectivity index (χ0v) is 17.6. The Hall–Kier alpha value is -3.00. The van der Waals surface area contributed by atoms with Gasteiger partial charge >= 0.3 is 11.7 Å². The third kappa shape index (κ3) is 4.28. The largest absolute Gasteiger partial charge is 0.461 e. The van der Waals surface area contributed by atoms with E-state index >= 15 is 0 Å². The van der Waals surface area contributed by atoms with Gasteiger partial charge in [0, 0.05) is 20.4 Å². The van der Waals surface area contributed by atoms with Gasteiger partial charge in [-0.1, -0.05) is 30.3 Å². The Morgan fingerprint density at radius 3 is 2.13 bits per heavy atom. The van der Waals surface area contributed by atoms with E-state index in [4.69, 9.17) is 4.74 Å². The first-order valence-electron chi connectivity index (χ1n) is 10.2. The second-order valence-corrected chi connectivity index (χ2v) is 7.47. The Bertz CT molecular complexity index is 998. The van der Waals surface area contributed by atoms with Gasteiger partial charge in [-0.3, -0.25) is 14.5 Å². The first-order chi connectivity index (χ1) is 14.3. The maximum atomic E-state index is 12.7. The van der Waals surface area contributed by atoms with E-state index in [1.807, 2.05) is 18.2 Å². The van der Waals surface area contributed by atoms with Crippen LogP contribution >= 0.6 is 0 Å². The number of nitrogens with zero attached hydrogens (tertiary/aromatic N) is 3. The summed E-state index contributed by atoms with van der Waals surface area (Å²) in [5.74, 6) is -1.51. The standard InChI is InChI=1S/C22H27N3O5/c1-4-30-21(28)20-19(24(15(2)26)22(29)25(20)16(3)27)14-23-12-10-18(11-13-23)17-8-6-5-7-9-17/h5-9,18H,4,10-14H2,1-3H3. The summed E-state index contributed by atoms with van der Waals surface area (Å²) in [6.45, 7) is 5.88. The molecule has 30 heavy (non-hydrogen) atoms. The fourth-order valence-electron chi connectivity index (χ4n) is 4.08. The van der Waals surface area contributed by atoms with Gasteiger partial charge in [-0.25, -0.2) is 18.7 Å². The zero-order chi connectivity index (χ0) is 21.8. The number of piperidine rings is 1. The minimum atomic E-state index is -0.827. The lowest BCUT2D eigenvalue weighted by atomic mass is 9.89. The maximum Gasteiger partial charge on any atom is 0.357 e. The molecule has 2 aromatic rings. The Labute approximate surface area is 175 Å². The van der Waals surface area contributed by atoms with Crippen LogP contribution in [0.3, 0.4) is 0 Å². The SMILES string of the molecule is CCOC(=O)c1c(CN2CCC(c3ccccc3)CC2)n(C(C)=O)c(=O)n1C(C)=O. The quantitative estimate of drug-likeness (QED) is 0.700. The summed E-state index contributed by atoms with van der Waals surface area (Å²) in [6.07, 6.45) is 1.85. The number of esters is 1. The van der Waals surface area contributed by atoms with Gasteiger partial charge in [-0.15, -0.1) is 0 Å². The van der Waals surface area contributed by atoms with Crippen LogP contribution in [0.1, 0.15) is 70.9 Å². The van der Waals surface area contributed by atoms with Gasteiger partial charge in [0.25, 0.3) is 0 Å². The summed E-state index contributed by atoms with van der Waals surface area (Å²) in [4.78, 5) is 51.7. The first-order valence-corrected chi connectivity index (χ1v) is 10.2. The molecule has 0 N–H and O–H groups in total. The highest BCUT2D eigenvalue weighted by molar-refractivity contribution is 5.95. The highest BCUT2D eigenvalue weighted by atomic mass is 16.5. The normalized spacial score (nSPS) is 15.2. The molecular weight excluding hydrogens is 386 g/mol. The van der Waals surface area contributed by atoms with Crippen molar-refractivity contribution in [3.63, 3.8) is 0 Å². The van der Waals surface area contributed by atoms with Crippen LogP contribution < -0.4 is 5.69 Å². The van der Waals surface area contributed by atoms with E-state index in [1.54, 1.807) is 6.92 Å². The van der Waals surface area contributed by atoms with Gasteiger partial charge in [0.05, 0.1) is 12.3 Å². The summed E-state index contributed by atoms with van der Waals surface area (Å²) >= 11 is 0. The molecular formula is C22H27N3O5. The molecule has 0 amide bonds. The van der Waals surface area contributed by atoms with Crippen molar-refractivity contribution in [2.24, 2.45) is 0 Å². The van der Waals surface area contributed by atoms with Crippen LogP contribution in [-0.2, 0) is 11.3 Å². The fraction of sp³-hybridized carbons (Fsp3) is 0.455. The highest BCUT2D eigenvalue weighted by Crippen LogP contribution is 2.28. The van der Waals surface area contributed by atoms with Crippen molar-refractivity contribution < 1.29 is 19.1 Å². The summed E-state index contributed by atoms with van der Waals surface area (Å²) in [5, 5.41) is 0. The predicted octanol–water partition coefficient (Wildman–Crippen LogP) is 2.53. The van der Waals surface area contributed by atoms with E-state index in [1.165, 1.54) is 19.4 Å². The Morgan fingerprint density at radius 2 is 1.60 bits per heavy atom. The van der Waals surface area contributed by atoms with Crippen LogP contribution in [0.4, 0.5) is 0 Å². The molecule has 1 aliphatic heterocycles. The van der Waals surface area contributed by atoms with Crippen LogP contribution in [-0.4, -0.2) is 51.5 Å². The van der Waals surface area contributed by atoms with E-state index in [0.717, 1.165) is 35.1 Å². The van der Waals surface area contributed by atoms with Crippen molar-refractivity contribution in [3.05, 3.63) is 57.8 Å². The average molecular weight is 413 g/mol. The number of aromatic nitrogens is 2. The molecule has 0 spiro atoms. The summed E-state index contributed by atoms with van der Waals surface area (Å²) in [5.41, 5.74) is 0.522.